The number of likely N-dealkylation sites (N-methyl/N-ethyl adjacent to an activating group) is 1. The van der Waals surface area contributed by atoms with Gasteiger partial charge in [0.15, 0.2) is 0 Å². The number of piperidine rings is 1. The van der Waals surface area contributed by atoms with Crippen molar-refractivity contribution in [3.05, 3.63) is 0 Å². The molecule has 2 aliphatic rings. The maximum absolute atomic E-state index is 3.72. The fourth-order valence-electron chi connectivity index (χ4n) is 2.62. The Morgan fingerprint density at radius 2 is 2.06 bits per heavy atom. The third-order valence-corrected chi connectivity index (χ3v) is 4.28. The lowest BCUT2D eigenvalue weighted by Crippen LogP contribution is -2.47. The van der Waals surface area contributed by atoms with Crippen molar-refractivity contribution in [1.82, 2.24) is 15.1 Å². The Balaban J connectivity index is 1.59. The molecule has 94 valence electrons. The molecule has 0 spiro atoms. The largest absolute Gasteiger partial charge is 0.313 e. The predicted octanol–water partition coefficient (Wildman–Crippen LogP) is 1.15. The Morgan fingerprint density at radius 1 is 1.31 bits per heavy atom. The average Bonchev–Trinajstić information content (AvgIpc) is 3.07. The normalized spacial score (nSPS) is 32.2. The highest BCUT2D eigenvalue weighted by Gasteiger charge is 2.26. The monoisotopic (exact) mass is 225 g/mol. The zero-order valence-corrected chi connectivity index (χ0v) is 11.1. The van der Waals surface area contributed by atoms with Gasteiger partial charge in [-0.1, -0.05) is 0 Å². The molecule has 0 radical (unpaired) electrons. The Bertz CT molecular complexity index is 215. The molecule has 0 amide bonds. The number of hydrogen-bond donors (Lipinski definition) is 1. The van der Waals surface area contributed by atoms with Crippen LogP contribution in [0.2, 0.25) is 0 Å². The SMILES string of the molecule is CC1CC(NCCN(C)C2CC2)CCN1C. The molecule has 2 unspecified atom stereocenters. The fraction of sp³-hybridized carbons (Fsp3) is 1.00. The predicted molar refractivity (Wildman–Crippen MR) is 68.8 cm³/mol. The third kappa shape index (κ3) is 3.44. The van der Waals surface area contributed by atoms with Crippen molar-refractivity contribution in [3.63, 3.8) is 0 Å². The zero-order valence-electron chi connectivity index (χ0n) is 11.1. The van der Waals surface area contributed by atoms with E-state index in [-0.39, 0.29) is 0 Å². The van der Waals surface area contributed by atoms with Gasteiger partial charge in [-0.15, -0.1) is 0 Å². The number of nitrogens with one attached hydrogen (secondary N) is 1. The second-order valence-corrected chi connectivity index (χ2v) is 5.72. The summed E-state index contributed by atoms with van der Waals surface area (Å²) in [6.07, 6.45) is 5.46. The Morgan fingerprint density at radius 3 is 2.69 bits per heavy atom. The smallest absolute Gasteiger partial charge is 0.0107 e. The van der Waals surface area contributed by atoms with Gasteiger partial charge in [0.2, 0.25) is 0 Å². The number of nitrogens with zero attached hydrogens (tertiary/aromatic N) is 2. The van der Waals surface area contributed by atoms with Crippen LogP contribution in [0.1, 0.15) is 32.6 Å². The molecular formula is C13H27N3. The average molecular weight is 225 g/mol. The summed E-state index contributed by atoms with van der Waals surface area (Å²) >= 11 is 0. The van der Waals surface area contributed by atoms with Gasteiger partial charge in [0.05, 0.1) is 0 Å². The molecule has 1 aliphatic carbocycles. The molecule has 2 fully saturated rings. The third-order valence-electron chi connectivity index (χ3n) is 4.28. The molecule has 3 nitrogen and oxygen atoms in total. The first-order valence-corrected chi connectivity index (χ1v) is 6.80. The minimum absolute atomic E-state index is 0.743. The van der Waals surface area contributed by atoms with E-state index in [0.29, 0.717) is 0 Å². The molecule has 1 N–H and O–H groups in total. The van der Waals surface area contributed by atoms with Gasteiger partial charge in [0.25, 0.3) is 0 Å². The topological polar surface area (TPSA) is 18.5 Å². The number of hydrogen-bond acceptors (Lipinski definition) is 3. The van der Waals surface area contributed by atoms with Crippen LogP contribution in [0.4, 0.5) is 0 Å². The summed E-state index contributed by atoms with van der Waals surface area (Å²) in [6, 6.07) is 2.39. The summed E-state index contributed by atoms with van der Waals surface area (Å²) in [7, 11) is 4.50. The fourth-order valence-corrected chi connectivity index (χ4v) is 2.62. The first-order valence-electron chi connectivity index (χ1n) is 6.80. The van der Waals surface area contributed by atoms with E-state index in [2.05, 4.69) is 36.1 Å². The van der Waals surface area contributed by atoms with Crippen molar-refractivity contribution in [2.75, 3.05) is 33.7 Å². The van der Waals surface area contributed by atoms with Crippen LogP contribution in [0.3, 0.4) is 0 Å². The summed E-state index contributed by atoms with van der Waals surface area (Å²) in [5.74, 6) is 0. The van der Waals surface area contributed by atoms with E-state index < -0.39 is 0 Å². The molecule has 2 rings (SSSR count). The van der Waals surface area contributed by atoms with E-state index in [0.717, 1.165) is 24.7 Å². The molecule has 1 saturated carbocycles. The highest BCUT2D eigenvalue weighted by molar-refractivity contribution is 4.84. The Hall–Kier alpha value is -0.120. The molecule has 0 aromatic rings. The van der Waals surface area contributed by atoms with Gasteiger partial charge in [-0.25, -0.2) is 0 Å². The lowest BCUT2D eigenvalue weighted by Gasteiger charge is -2.35. The molecule has 3 heteroatoms. The maximum Gasteiger partial charge on any atom is 0.0107 e. The van der Waals surface area contributed by atoms with Gasteiger partial charge < -0.3 is 15.1 Å². The van der Waals surface area contributed by atoms with Gasteiger partial charge >= 0.3 is 0 Å². The number of rotatable bonds is 5. The second-order valence-electron chi connectivity index (χ2n) is 5.72. The van der Waals surface area contributed by atoms with Gasteiger partial charge in [-0.2, -0.15) is 0 Å². The molecule has 1 heterocycles. The van der Waals surface area contributed by atoms with E-state index in [1.807, 2.05) is 0 Å². The summed E-state index contributed by atoms with van der Waals surface area (Å²) < 4.78 is 0. The minimum Gasteiger partial charge on any atom is -0.313 e. The highest BCUT2D eigenvalue weighted by atomic mass is 15.2. The van der Waals surface area contributed by atoms with Crippen LogP contribution in [-0.4, -0.2) is 61.7 Å². The van der Waals surface area contributed by atoms with Crippen molar-refractivity contribution in [3.8, 4) is 0 Å². The summed E-state index contributed by atoms with van der Waals surface area (Å²) in [6.45, 7) is 5.96. The Kier molecular flexibility index (Phi) is 4.22. The van der Waals surface area contributed by atoms with Crippen molar-refractivity contribution >= 4 is 0 Å². The quantitative estimate of drug-likeness (QED) is 0.757. The van der Waals surface area contributed by atoms with Crippen molar-refractivity contribution < 1.29 is 0 Å². The molecule has 0 bridgehead atoms. The molecule has 0 aromatic heterocycles. The van der Waals surface area contributed by atoms with Crippen LogP contribution in [0.25, 0.3) is 0 Å². The van der Waals surface area contributed by atoms with Gasteiger partial charge in [0, 0.05) is 31.2 Å². The molecular weight excluding hydrogens is 198 g/mol. The Labute approximate surface area is 100 Å². The van der Waals surface area contributed by atoms with E-state index in [1.54, 1.807) is 0 Å². The van der Waals surface area contributed by atoms with Gasteiger partial charge in [0.1, 0.15) is 0 Å². The van der Waals surface area contributed by atoms with Crippen molar-refractivity contribution in [1.29, 1.82) is 0 Å². The lowest BCUT2D eigenvalue weighted by molar-refractivity contribution is 0.166. The summed E-state index contributed by atoms with van der Waals surface area (Å²) in [4.78, 5) is 4.97. The molecule has 0 aromatic carbocycles. The molecule has 1 saturated heterocycles. The lowest BCUT2D eigenvalue weighted by atomic mass is 9.99. The molecule has 1 aliphatic heterocycles. The van der Waals surface area contributed by atoms with Crippen molar-refractivity contribution in [2.24, 2.45) is 0 Å². The van der Waals surface area contributed by atoms with E-state index in [9.17, 15) is 0 Å². The first kappa shape index (κ1) is 12.3. The van der Waals surface area contributed by atoms with Crippen LogP contribution in [0.5, 0.6) is 0 Å². The highest BCUT2D eigenvalue weighted by Crippen LogP contribution is 2.24. The van der Waals surface area contributed by atoms with Crippen LogP contribution in [0.15, 0.2) is 0 Å². The van der Waals surface area contributed by atoms with Crippen LogP contribution in [-0.2, 0) is 0 Å². The minimum atomic E-state index is 0.743. The van der Waals surface area contributed by atoms with E-state index in [4.69, 9.17) is 0 Å². The van der Waals surface area contributed by atoms with Gasteiger partial charge in [-0.3, -0.25) is 0 Å². The second kappa shape index (κ2) is 5.48. The summed E-state index contributed by atoms with van der Waals surface area (Å²) in [5, 5.41) is 3.72. The van der Waals surface area contributed by atoms with Crippen LogP contribution in [0, 0.1) is 0 Å². The maximum atomic E-state index is 3.72. The van der Waals surface area contributed by atoms with E-state index >= 15 is 0 Å². The first-order chi connectivity index (χ1) is 7.66. The molecule has 16 heavy (non-hydrogen) atoms. The summed E-state index contributed by atoms with van der Waals surface area (Å²) in [5.41, 5.74) is 0. The van der Waals surface area contributed by atoms with Crippen LogP contribution >= 0.6 is 0 Å². The van der Waals surface area contributed by atoms with Gasteiger partial charge in [-0.05, 0) is 53.2 Å². The van der Waals surface area contributed by atoms with Crippen LogP contribution < -0.4 is 5.32 Å². The zero-order chi connectivity index (χ0) is 11.5. The van der Waals surface area contributed by atoms with Crippen molar-refractivity contribution in [2.45, 2.75) is 50.7 Å². The molecule has 2 atom stereocenters. The number of likely N-dealkylation sites (tertiary alicyclic amines) is 1. The van der Waals surface area contributed by atoms with E-state index in [1.165, 1.54) is 38.8 Å². The standard InChI is InChI=1S/C13H27N3/c1-11-10-12(6-8-15(11)2)14-7-9-16(3)13-4-5-13/h11-14H,4-10H2,1-3H3.